The number of aliphatic hydroxyl groups is 1. The van der Waals surface area contributed by atoms with E-state index in [1.165, 1.54) is 12.8 Å². The van der Waals surface area contributed by atoms with E-state index >= 15 is 0 Å². The summed E-state index contributed by atoms with van der Waals surface area (Å²) in [6, 6.07) is 8.61. The van der Waals surface area contributed by atoms with E-state index in [0.717, 1.165) is 53.1 Å². The molecule has 2 atom stereocenters. The Balaban J connectivity index is 1.35. The van der Waals surface area contributed by atoms with Gasteiger partial charge in [0.15, 0.2) is 0 Å². The fourth-order valence-electron chi connectivity index (χ4n) is 6.45. The van der Waals surface area contributed by atoms with E-state index in [4.69, 9.17) is 4.98 Å². The first-order valence-electron chi connectivity index (χ1n) is 10.8. The van der Waals surface area contributed by atoms with Gasteiger partial charge in [0, 0.05) is 29.7 Å². The maximum Gasteiger partial charge on any atom is 0.135 e. The van der Waals surface area contributed by atoms with E-state index in [1.54, 1.807) is 0 Å². The van der Waals surface area contributed by atoms with Gasteiger partial charge in [-0.2, -0.15) is 5.10 Å². The lowest BCUT2D eigenvalue weighted by Crippen LogP contribution is -2.59. The van der Waals surface area contributed by atoms with Crippen molar-refractivity contribution >= 4 is 16.7 Å². The molecule has 6 nitrogen and oxygen atoms in total. The summed E-state index contributed by atoms with van der Waals surface area (Å²) in [6.45, 7) is 2.01. The van der Waals surface area contributed by atoms with Gasteiger partial charge >= 0.3 is 0 Å². The Morgan fingerprint density at radius 3 is 2.72 bits per heavy atom. The minimum Gasteiger partial charge on any atom is -0.390 e. The molecule has 4 fully saturated rings. The topological polar surface area (TPSA) is 86.7 Å². The second kappa shape index (κ2) is 6.26. The van der Waals surface area contributed by atoms with Crippen molar-refractivity contribution in [2.24, 2.45) is 17.8 Å². The van der Waals surface area contributed by atoms with Crippen molar-refractivity contribution in [3.8, 4) is 0 Å². The van der Waals surface area contributed by atoms with Gasteiger partial charge in [-0.3, -0.25) is 10.1 Å². The minimum atomic E-state index is -0.411. The third kappa shape index (κ3) is 3.01. The summed E-state index contributed by atoms with van der Waals surface area (Å²) in [4.78, 5) is 9.60. The standard InChI is InChI=1S/C23H27N5O/c1-13-5-18(28-27-13)8-17-9-20-19(3-2-4-24-20)22(25-17)26-21-15-6-14-7-16(21)12-23(29,10-14)11-15/h2-5,9,14-16,21,29H,6-8,10-12H2,1H3,(H,25,26)(H,27,28). The quantitative estimate of drug-likeness (QED) is 0.635. The fraction of sp³-hybridized carbons (Fsp3) is 0.522. The highest BCUT2D eigenvalue weighted by atomic mass is 16.3. The van der Waals surface area contributed by atoms with Gasteiger partial charge in [0.2, 0.25) is 0 Å². The molecular weight excluding hydrogens is 362 g/mol. The van der Waals surface area contributed by atoms with Crippen LogP contribution in [-0.2, 0) is 6.42 Å². The Labute approximate surface area is 170 Å². The first kappa shape index (κ1) is 17.4. The Morgan fingerprint density at radius 2 is 2.00 bits per heavy atom. The highest BCUT2D eigenvalue weighted by Crippen LogP contribution is 2.56. The molecule has 150 valence electrons. The smallest absolute Gasteiger partial charge is 0.135 e. The molecule has 2 unspecified atom stereocenters. The zero-order valence-electron chi connectivity index (χ0n) is 16.7. The van der Waals surface area contributed by atoms with E-state index in [2.05, 4.69) is 38.7 Å². The SMILES string of the molecule is Cc1cc(Cc2cc3ncccc3c(NC3C4CC5CC3CC(O)(C5)C4)n2)n[nH]1. The van der Waals surface area contributed by atoms with Gasteiger partial charge in [-0.05, 0) is 81.0 Å². The molecule has 3 N–H and O–H groups in total. The molecule has 0 saturated heterocycles. The van der Waals surface area contributed by atoms with Crippen molar-refractivity contribution < 1.29 is 5.11 Å². The number of rotatable bonds is 4. The summed E-state index contributed by atoms with van der Waals surface area (Å²) < 4.78 is 0. The third-order valence-electron chi connectivity index (χ3n) is 7.32. The van der Waals surface area contributed by atoms with Crippen LogP contribution in [0.2, 0.25) is 0 Å². The zero-order chi connectivity index (χ0) is 19.6. The summed E-state index contributed by atoms with van der Waals surface area (Å²) in [6.07, 6.45) is 7.87. The molecule has 3 heterocycles. The van der Waals surface area contributed by atoms with Crippen LogP contribution in [0.3, 0.4) is 0 Å². The zero-order valence-corrected chi connectivity index (χ0v) is 16.7. The molecule has 4 saturated carbocycles. The molecule has 4 bridgehead atoms. The largest absolute Gasteiger partial charge is 0.390 e. The number of fused-ring (bicyclic) bond motifs is 1. The summed E-state index contributed by atoms with van der Waals surface area (Å²) >= 11 is 0. The average Bonchev–Trinajstić information content (AvgIpc) is 3.08. The van der Waals surface area contributed by atoms with E-state index < -0.39 is 5.60 Å². The molecular formula is C23H27N5O. The Hall–Kier alpha value is -2.47. The van der Waals surface area contributed by atoms with E-state index in [0.29, 0.717) is 30.2 Å². The molecule has 0 amide bonds. The number of hydrogen-bond donors (Lipinski definition) is 3. The molecule has 7 rings (SSSR count). The van der Waals surface area contributed by atoms with Crippen LogP contribution >= 0.6 is 0 Å². The number of hydrogen-bond acceptors (Lipinski definition) is 5. The summed E-state index contributed by atoms with van der Waals surface area (Å²) in [7, 11) is 0. The summed E-state index contributed by atoms with van der Waals surface area (Å²) in [5, 5.41) is 23.2. The third-order valence-corrected chi connectivity index (χ3v) is 7.32. The molecule has 3 aromatic rings. The molecule has 4 aliphatic rings. The highest BCUT2D eigenvalue weighted by Gasteiger charge is 2.54. The first-order chi connectivity index (χ1) is 14.0. The van der Waals surface area contributed by atoms with Gasteiger partial charge in [-0.15, -0.1) is 0 Å². The molecule has 6 heteroatoms. The van der Waals surface area contributed by atoms with E-state index in [-0.39, 0.29) is 0 Å². The first-order valence-corrected chi connectivity index (χ1v) is 10.8. The van der Waals surface area contributed by atoms with Crippen LogP contribution in [-0.4, -0.2) is 36.9 Å². The Kier molecular flexibility index (Phi) is 3.76. The fourth-order valence-corrected chi connectivity index (χ4v) is 6.45. The lowest BCUT2D eigenvalue weighted by molar-refractivity contribution is -0.129. The van der Waals surface area contributed by atoms with Crippen molar-refractivity contribution in [1.29, 1.82) is 0 Å². The average molecular weight is 390 g/mol. The molecule has 3 aromatic heterocycles. The molecule has 0 aliphatic heterocycles. The number of aromatic nitrogens is 4. The lowest BCUT2D eigenvalue weighted by Gasteiger charge is -2.58. The monoisotopic (exact) mass is 389 g/mol. The summed E-state index contributed by atoms with van der Waals surface area (Å²) in [5.41, 5.74) is 3.59. The van der Waals surface area contributed by atoms with Gasteiger partial charge < -0.3 is 10.4 Å². The molecule has 0 aromatic carbocycles. The molecule has 0 spiro atoms. The van der Waals surface area contributed by atoms with E-state index in [9.17, 15) is 5.11 Å². The van der Waals surface area contributed by atoms with Crippen LogP contribution < -0.4 is 5.32 Å². The number of anilines is 1. The van der Waals surface area contributed by atoms with Crippen LogP contribution in [0, 0.1) is 24.7 Å². The lowest BCUT2D eigenvalue weighted by atomic mass is 9.52. The molecule has 4 aliphatic carbocycles. The predicted molar refractivity (Wildman–Crippen MR) is 112 cm³/mol. The van der Waals surface area contributed by atoms with Crippen LogP contribution in [0.5, 0.6) is 0 Å². The van der Waals surface area contributed by atoms with Crippen molar-refractivity contribution in [3.05, 3.63) is 47.5 Å². The summed E-state index contributed by atoms with van der Waals surface area (Å²) in [5.74, 6) is 2.72. The Bertz CT molecular complexity index is 1060. The second-order valence-electron chi connectivity index (χ2n) is 9.62. The van der Waals surface area contributed by atoms with Crippen molar-refractivity contribution in [2.45, 2.75) is 57.1 Å². The van der Waals surface area contributed by atoms with Gasteiger partial charge in [-0.1, -0.05) is 0 Å². The maximum atomic E-state index is 10.9. The number of nitrogens with one attached hydrogen (secondary N) is 2. The maximum absolute atomic E-state index is 10.9. The van der Waals surface area contributed by atoms with Crippen molar-refractivity contribution in [2.75, 3.05) is 5.32 Å². The minimum absolute atomic E-state index is 0.394. The Morgan fingerprint density at radius 1 is 1.17 bits per heavy atom. The van der Waals surface area contributed by atoms with Gasteiger partial charge in [0.1, 0.15) is 5.82 Å². The number of nitrogens with zero attached hydrogens (tertiary/aromatic N) is 3. The van der Waals surface area contributed by atoms with Crippen LogP contribution in [0.15, 0.2) is 30.5 Å². The number of aryl methyl sites for hydroxylation is 1. The predicted octanol–water partition coefficient (Wildman–Crippen LogP) is 3.60. The van der Waals surface area contributed by atoms with E-state index in [1.807, 2.05) is 19.2 Å². The second-order valence-corrected chi connectivity index (χ2v) is 9.62. The number of pyridine rings is 2. The molecule has 0 radical (unpaired) electrons. The van der Waals surface area contributed by atoms with Gasteiger partial charge in [0.05, 0.1) is 22.5 Å². The normalized spacial score (nSPS) is 32.8. The highest BCUT2D eigenvalue weighted by molar-refractivity contribution is 5.89. The van der Waals surface area contributed by atoms with Crippen LogP contribution in [0.1, 0.15) is 49.2 Å². The van der Waals surface area contributed by atoms with Crippen LogP contribution in [0.25, 0.3) is 10.9 Å². The van der Waals surface area contributed by atoms with Gasteiger partial charge in [-0.25, -0.2) is 4.98 Å². The number of H-pyrrole nitrogens is 1. The number of aromatic amines is 1. The van der Waals surface area contributed by atoms with Gasteiger partial charge in [0.25, 0.3) is 0 Å². The van der Waals surface area contributed by atoms with Crippen LogP contribution in [0.4, 0.5) is 5.82 Å². The molecule has 29 heavy (non-hydrogen) atoms. The van der Waals surface area contributed by atoms with Crippen molar-refractivity contribution in [3.63, 3.8) is 0 Å². The van der Waals surface area contributed by atoms with Crippen molar-refractivity contribution in [1.82, 2.24) is 20.2 Å².